The van der Waals surface area contributed by atoms with Crippen molar-refractivity contribution in [2.45, 2.75) is 37.4 Å². The predicted octanol–water partition coefficient (Wildman–Crippen LogP) is 4.54. The maximum Gasteiger partial charge on any atom is 0.225 e. The molecule has 2 fully saturated rings. The molecule has 1 aliphatic heterocycles. The number of halogens is 1. The van der Waals surface area contributed by atoms with E-state index in [1.54, 1.807) is 0 Å². The van der Waals surface area contributed by atoms with Crippen molar-refractivity contribution in [3.8, 4) is 0 Å². The fourth-order valence-electron chi connectivity index (χ4n) is 3.41. The monoisotopic (exact) mass is 323 g/mol. The van der Waals surface area contributed by atoms with Gasteiger partial charge in [0, 0.05) is 35.0 Å². The summed E-state index contributed by atoms with van der Waals surface area (Å²) in [6.07, 6.45) is 5.64. The molecule has 1 unspecified atom stereocenters. The number of carbonyl (C=O) groups is 1. The molecule has 2 nitrogen and oxygen atoms in total. The molecule has 0 spiro atoms. The molecule has 1 amide bonds. The van der Waals surface area contributed by atoms with E-state index in [1.165, 1.54) is 18.4 Å². The predicted molar refractivity (Wildman–Crippen MR) is 89.8 cm³/mol. The maximum absolute atomic E-state index is 12.6. The van der Waals surface area contributed by atoms with Crippen LogP contribution in [0.3, 0.4) is 0 Å². The molecule has 1 aromatic rings. The third-order valence-corrected chi connectivity index (χ3v) is 6.26. The minimum Gasteiger partial charge on any atom is -0.342 e. The summed E-state index contributed by atoms with van der Waals surface area (Å²) in [4.78, 5) is 14.7. The fraction of sp³-hybridized carbons (Fsp3) is 0.588. The molecule has 1 aromatic carbocycles. The van der Waals surface area contributed by atoms with Crippen LogP contribution in [0.25, 0.3) is 0 Å². The Balaban J connectivity index is 1.64. The number of hydrogen-bond acceptors (Lipinski definition) is 2. The van der Waals surface area contributed by atoms with Crippen molar-refractivity contribution in [1.82, 2.24) is 4.90 Å². The fourth-order valence-corrected chi connectivity index (χ4v) is 5.01. The van der Waals surface area contributed by atoms with E-state index in [2.05, 4.69) is 11.0 Å². The van der Waals surface area contributed by atoms with Crippen LogP contribution in [0, 0.1) is 5.92 Å². The Kier molecular flexibility index (Phi) is 5.12. The normalized spacial score (nSPS) is 24.0. The van der Waals surface area contributed by atoms with Crippen LogP contribution in [0.5, 0.6) is 0 Å². The molecule has 1 atom stereocenters. The van der Waals surface area contributed by atoms with E-state index in [4.69, 9.17) is 11.6 Å². The van der Waals surface area contributed by atoms with Gasteiger partial charge in [0.1, 0.15) is 0 Å². The molecule has 2 aliphatic rings. The van der Waals surface area contributed by atoms with Crippen LogP contribution in [0.15, 0.2) is 24.3 Å². The zero-order valence-electron chi connectivity index (χ0n) is 12.3. The van der Waals surface area contributed by atoms with E-state index in [9.17, 15) is 4.79 Å². The summed E-state index contributed by atoms with van der Waals surface area (Å²) in [5.41, 5.74) is 1.22. The molecule has 0 aromatic heterocycles. The molecule has 21 heavy (non-hydrogen) atoms. The zero-order chi connectivity index (χ0) is 14.7. The Morgan fingerprint density at radius 1 is 1.14 bits per heavy atom. The lowest BCUT2D eigenvalue weighted by molar-refractivity contribution is -0.135. The largest absolute Gasteiger partial charge is 0.342 e. The summed E-state index contributed by atoms with van der Waals surface area (Å²) in [6, 6.07) is 8.11. The average Bonchev–Trinajstić information content (AvgIpc) is 2.92. The number of thioether (sulfide) groups is 1. The van der Waals surface area contributed by atoms with Crippen LogP contribution in [-0.4, -0.2) is 29.6 Å². The highest BCUT2D eigenvalue weighted by Crippen LogP contribution is 2.38. The number of amides is 1. The Labute approximate surface area is 136 Å². The van der Waals surface area contributed by atoms with Gasteiger partial charge in [0.05, 0.1) is 0 Å². The first-order valence-corrected chi connectivity index (χ1v) is 9.33. The highest BCUT2D eigenvalue weighted by Gasteiger charge is 2.29. The maximum atomic E-state index is 12.6. The van der Waals surface area contributed by atoms with Gasteiger partial charge in [-0.2, -0.15) is 11.8 Å². The number of benzene rings is 1. The summed E-state index contributed by atoms with van der Waals surface area (Å²) >= 11 is 8.26. The number of hydrogen-bond donors (Lipinski definition) is 0. The molecule has 0 N–H and O–H groups in total. The summed E-state index contributed by atoms with van der Waals surface area (Å²) in [5.74, 6) is 1.70. The van der Waals surface area contributed by atoms with Crippen LogP contribution >= 0.6 is 23.4 Å². The quantitative estimate of drug-likeness (QED) is 0.796. The van der Waals surface area contributed by atoms with E-state index >= 15 is 0 Å². The first-order chi connectivity index (χ1) is 10.3. The molecule has 1 saturated carbocycles. The van der Waals surface area contributed by atoms with Crippen molar-refractivity contribution < 1.29 is 4.79 Å². The molecule has 1 aliphatic carbocycles. The Hall–Kier alpha value is -0.670. The van der Waals surface area contributed by atoms with E-state index in [1.807, 2.05) is 30.0 Å². The van der Waals surface area contributed by atoms with Crippen LogP contribution in [0.2, 0.25) is 5.02 Å². The standard InChI is InChI=1S/C17H22ClNOS/c18-15-8-4-3-7-14(15)16-9-10-19(11-12-21-16)17(20)13-5-1-2-6-13/h3-4,7-8,13,16H,1-2,5-6,9-12H2. The second-order valence-electron chi connectivity index (χ2n) is 5.98. The van der Waals surface area contributed by atoms with E-state index in [-0.39, 0.29) is 0 Å². The topological polar surface area (TPSA) is 20.3 Å². The Morgan fingerprint density at radius 2 is 1.90 bits per heavy atom. The minimum absolute atomic E-state index is 0.298. The lowest BCUT2D eigenvalue weighted by Gasteiger charge is -2.23. The van der Waals surface area contributed by atoms with Crippen molar-refractivity contribution in [2.75, 3.05) is 18.8 Å². The highest BCUT2D eigenvalue weighted by molar-refractivity contribution is 7.99. The van der Waals surface area contributed by atoms with Crippen LogP contribution < -0.4 is 0 Å². The first kappa shape index (κ1) is 15.2. The minimum atomic E-state index is 0.298. The van der Waals surface area contributed by atoms with Gasteiger partial charge in [0.25, 0.3) is 0 Å². The van der Waals surface area contributed by atoms with Crippen molar-refractivity contribution in [1.29, 1.82) is 0 Å². The summed E-state index contributed by atoms with van der Waals surface area (Å²) in [7, 11) is 0. The first-order valence-electron chi connectivity index (χ1n) is 7.90. The Morgan fingerprint density at radius 3 is 2.67 bits per heavy atom. The molecule has 3 rings (SSSR count). The molecule has 4 heteroatoms. The van der Waals surface area contributed by atoms with Gasteiger partial charge in [0.15, 0.2) is 0 Å². The molecular weight excluding hydrogens is 302 g/mol. The van der Waals surface area contributed by atoms with Gasteiger partial charge in [0.2, 0.25) is 5.91 Å². The molecule has 114 valence electrons. The van der Waals surface area contributed by atoms with Gasteiger partial charge in [-0.1, -0.05) is 42.6 Å². The second kappa shape index (κ2) is 7.06. The average molecular weight is 324 g/mol. The van der Waals surface area contributed by atoms with Crippen LogP contribution in [0.4, 0.5) is 0 Å². The Bertz CT molecular complexity index is 501. The molecule has 0 bridgehead atoms. The van der Waals surface area contributed by atoms with Gasteiger partial charge < -0.3 is 4.90 Å². The van der Waals surface area contributed by atoms with Gasteiger partial charge >= 0.3 is 0 Å². The van der Waals surface area contributed by atoms with Crippen LogP contribution in [-0.2, 0) is 4.79 Å². The van der Waals surface area contributed by atoms with E-state index in [0.717, 1.165) is 43.1 Å². The van der Waals surface area contributed by atoms with Gasteiger partial charge in [-0.15, -0.1) is 0 Å². The highest BCUT2D eigenvalue weighted by atomic mass is 35.5. The van der Waals surface area contributed by atoms with Crippen LogP contribution in [0.1, 0.15) is 42.9 Å². The van der Waals surface area contributed by atoms with Crippen molar-refractivity contribution in [3.05, 3.63) is 34.9 Å². The van der Waals surface area contributed by atoms with Gasteiger partial charge in [-0.25, -0.2) is 0 Å². The van der Waals surface area contributed by atoms with Gasteiger partial charge in [-0.05, 0) is 30.9 Å². The summed E-state index contributed by atoms with van der Waals surface area (Å²) < 4.78 is 0. The SMILES string of the molecule is O=C(C1CCCC1)N1CCSC(c2ccccc2Cl)CC1. The molecule has 1 heterocycles. The van der Waals surface area contributed by atoms with Crippen molar-refractivity contribution >= 4 is 29.3 Å². The van der Waals surface area contributed by atoms with E-state index < -0.39 is 0 Å². The second-order valence-corrected chi connectivity index (χ2v) is 7.69. The molecule has 0 radical (unpaired) electrons. The third kappa shape index (κ3) is 3.57. The number of nitrogens with zero attached hydrogens (tertiary/aromatic N) is 1. The summed E-state index contributed by atoms with van der Waals surface area (Å²) in [5, 5.41) is 1.27. The van der Waals surface area contributed by atoms with Crippen molar-refractivity contribution in [3.63, 3.8) is 0 Å². The summed E-state index contributed by atoms with van der Waals surface area (Å²) in [6.45, 7) is 1.76. The smallest absolute Gasteiger partial charge is 0.225 e. The molecular formula is C17H22ClNOS. The van der Waals surface area contributed by atoms with Gasteiger partial charge in [-0.3, -0.25) is 4.79 Å². The molecule has 1 saturated heterocycles. The number of rotatable bonds is 2. The lowest BCUT2D eigenvalue weighted by Crippen LogP contribution is -2.36. The third-order valence-electron chi connectivity index (χ3n) is 4.61. The number of carbonyl (C=O) groups excluding carboxylic acids is 1. The van der Waals surface area contributed by atoms with E-state index in [0.29, 0.717) is 17.1 Å². The zero-order valence-corrected chi connectivity index (χ0v) is 13.8. The van der Waals surface area contributed by atoms with Crippen molar-refractivity contribution in [2.24, 2.45) is 5.92 Å². The lowest BCUT2D eigenvalue weighted by atomic mass is 10.1.